The third kappa shape index (κ3) is 6.18. The zero-order valence-electron chi connectivity index (χ0n) is 21.4. The van der Waals surface area contributed by atoms with Crippen molar-refractivity contribution in [2.75, 3.05) is 6.61 Å². The summed E-state index contributed by atoms with van der Waals surface area (Å²) in [6.45, 7) is 18.1. The number of aryl methyl sites for hydroxylation is 1. The number of aliphatic hydroxyl groups excluding tert-OH is 1. The van der Waals surface area contributed by atoms with Crippen LogP contribution >= 0.6 is 0 Å². The molecule has 34 heavy (non-hydrogen) atoms. The molecule has 2 unspecified atom stereocenters. The van der Waals surface area contributed by atoms with Gasteiger partial charge in [0.1, 0.15) is 5.76 Å². The first-order valence-electron chi connectivity index (χ1n) is 12.6. The summed E-state index contributed by atoms with van der Waals surface area (Å²) in [6.07, 6.45) is 8.21. The van der Waals surface area contributed by atoms with Gasteiger partial charge in [-0.05, 0) is 83.9 Å². The van der Waals surface area contributed by atoms with Crippen LogP contribution in [0.1, 0.15) is 73.8 Å². The Labute approximate surface area is 206 Å². The van der Waals surface area contributed by atoms with Crippen molar-refractivity contribution in [2.45, 2.75) is 65.9 Å². The molecule has 1 N–H and O–H groups in total. The van der Waals surface area contributed by atoms with Crippen molar-refractivity contribution >= 4 is 5.57 Å². The molecule has 2 atom stereocenters. The van der Waals surface area contributed by atoms with Gasteiger partial charge in [0, 0.05) is 12.2 Å². The lowest BCUT2D eigenvalue weighted by molar-refractivity contribution is 0.117. The lowest BCUT2D eigenvalue weighted by Gasteiger charge is -2.22. The standard InChI is InChI=1S/C32H40O2/c1-7-9-15-34-21-29-19-28-20-31(26-13-11-10-12-14-26)24(5)17-27(32(28)18-22(29)3)16-23(4)30(8-2)25(6)33/h8,10-14,16,18-19,24,31,33H,4,6-7,9,15,17,20-21H2,1-3,5H3/b27-16+,30-8+. The van der Waals surface area contributed by atoms with Crippen LogP contribution in [-0.2, 0) is 17.8 Å². The van der Waals surface area contributed by atoms with Crippen molar-refractivity contribution in [1.82, 2.24) is 0 Å². The van der Waals surface area contributed by atoms with E-state index in [1.165, 1.54) is 33.4 Å². The molecule has 0 aromatic heterocycles. The maximum Gasteiger partial charge on any atom is 0.115 e. The van der Waals surface area contributed by atoms with Gasteiger partial charge in [-0.2, -0.15) is 0 Å². The summed E-state index contributed by atoms with van der Waals surface area (Å²) < 4.78 is 5.99. The van der Waals surface area contributed by atoms with Gasteiger partial charge in [0.15, 0.2) is 0 Å². The molecule has 0 bridgehead atoms. The van der Waals surface area contributed by atoms with E-state index in [-0.39, 0.29) is 5.76 Å². The molecule has 2 nitrogen and oxygen atoms in total. The molecule has 0 saturated carbocycles. The number of hydrogen-bond donors (Lipinski definition) is 1. The van der Waals surface area contributed by atoms with E-state index in [2.05, 4.69) is 82.5 Å². The topological polar surface area (TPSA) is 29.5 Å². The van der Waals surface area contributed by atoms with Crippen molar-refractivity contribution in [3.8, 4) is 0 Å². The van der Waals surface area contributed by atoms with E-state index in [1.54, 1.807) is 0 Å². The van der Waals surface area contributed by atoms with Crippen LogP contribution < -0.4 is 0 Å². The molecule has 2 aromatic carbocycles. The fourth-order valence-corrected chi connectivity index (χ4v) is 5.00. The highest BCUT2D eigenvalue weighted by Gasteiger charge is 2.28. The van der Waals surface area contributed by atoms with Gasteiger partial charge < -0.3 is 9.84 Å². The van der Waals surface area contributed by atoms with Gasteiger partial charge in [-0.15, -0.1) is 0 Å². The van der Waals surface area contributed by atoms with Crippen molar-refractivity contribution in [3.05, 3.63) is 112 Å². The highest BCUT2D eigenvalue weighted by molar-refractivity contribution is 5.74. The molecule has 180 valence electrons. The van der Waals surface area contributed by atoms with E-state index < -0.39 is 0 Å². The summed E-state index contributed by atoms with van der Waals surface area (Å²) in [5.74, 6) is 0.957. The Bertz CT molecular complexity index is 1070. The minimum atomic E-state index is 0.0594. The SMILES string of the molecule is C=C(O)/C(=C/C)C(=C)/C=C1\CC(C)C(c2ccccc2)Cc2cc(COCCCC)c(C)cc21. The van der Waals surface area contributed by atoms with E-state index in [0.29, 0.717) is 24.0 Å². The van der Waals surface area contributed by atoms with Crippen molar-refractivity contribution in [2.24, 2.45) is 5.92 Å². The second-order valence-electron chi connectivity index (χ2n) is 9.59. The minimum absolute atomic E-state index is 0.0594. The van der Waals surface area contributed by atoms with Gasteiger partial charge in [-0.25, -0.2) is 0 Å². The summed E-state index contributed by atoms with van der Waals surface area (Å²) in [5, 5.41) is 10.0. The Morgan fingerprint density at radius 1 is 1.15 bits per heavy atom. The number of ether oxygens (including phenoxy) is 1. The van der Waals surface area contributed by atoms with Gasteiger partial charge >= 0.3 is 0 Å². The maximum absolute atomic E-state index is 10.0. The number of hydrogen-bond acceptors (Lipinski definition) is 2. The zero-order chi connectivity index (χ0) is 24.7. The third-order valence-electron chi connectivity index (χ3n) is 7.00. The summed E-state index contributed by atoms with van der Waals surface area (Å²) in [5.41, 5.74) is 9.34. The van der Waals surface area contributed by atoms with Gasteiger partial charge in [0.05, 0.1) is 6.61 Å². The van der Waals surface area contributed by atoms with Crippen molar-refractivity contribution < 1.29 is 9.84 Å². The monoisotopic (exact) mass is 456 g/mol. The molecular weight excluding hydrogens is 416 g/mol. The van der Waals surface area contributed by atoms with Crippen molar-refractivity contribution in [1.29, 1.82) is 0 Å². The molecule has 2 aromatic rings. The van der Waals surface area contributed by atoms with Crippen LogP contribution in [0.15, 0.2) is 84.7 Å². The lowest BCUT2D eigenvalue weighted by Crippen LogP contribution is -2.11. The Morgan fingerprint density at radius 2 is 1.88 bits per heavy atom. The van der Waals surface area contributed by atoms with Crippen LogP contribution in [-0.4, -0.2) is 11.7 Å². The average molecular weight is 457 g/mol. The lowest BCUT2D eigenvalue weighted by atomic mass is 9.82. The number of benzene rings is 2. The summed E-state index contributed by atoms with van der Waals surface area (Å²) in [4.78, 5) is 0. The molecule has 0 heterocycles. The smallest absolute Gasteiger partial charge is 0.115 e. The van der Waals surface area contributed by atoms with E-state index >= 15 is 0 Å². The van der Waals surface area contributed by atoms with Crippen LogP contribution in [0.5, 0.6) is 0 Å². The number of aliphatic hydroxyl groups is 1. The minimum Gasteiger partial charge on any atom is -0.508 e. The average Bonchev–Trinajstić information content (AvgIpc) is 2.93. The summed E-state index contributed by atoms with van der Waals surface area (Å²) >= 11 is 0. The highest BCUT2D eigenvalue weighted by Crippen LogP contribution is 2.42. The Hall–Kier alpha value is -2.84. The van der Waals surface area contributed by atoms with Gasteiger partial charge in [0.25, 0.3) is 0 Å². The second kappa shape index (κ2) is 12.0. The van der Waals surface area contributed by atoms with Gasteiger partial charge in [-0.3, -0.25) is 0 Å². The van der Waals surface area contributed by atoms with Crippen LogP contribution in [0.4, 0.5) is 0 Å². The van der Waals surface area contributed by atoms with E-state index in [0.717, 1.165) is 37.9 Å². The summed E-state index contributed by atoms with van der Waals surface area (Å²) in [6, 6.07) is 15.6. The molecule has 0 fully saturated rings. The van der Waals surface area contributed by atoms with Crippen LogP contribution in [0, 0.1) is 12.8 Å². The third-order valence-corrected chi connectivity index (χ3v) is 7.00. The first-order chi connectivity index (χ1) is 16.3. The fourth-order valence-electron chi connectivity index (χ4n) is 5.00. The first kappa shape index (κ1) is 25.8. The van der Waals surface area contributed by atoms with Gasteiger partial charge in [0.2, 0.25) is 0 Å². The number of allylic oxidation sites excluding steroid dienone is 4. The molecule has 0 spiro atoms. The number of fused-ring (bicyclic) bond motifs is 1. The predicted octanol–water partition coefficient (Wildman–Crippen LogP) is 8.64. The number of unbranched alkanes of at least 4 members (excludes halogenated alkanes) is 1. The molecule has 0 amide bonds. The van der Waals surface area contributed by atoms with Crippen molar-refractivity contribution in [3.63, 3.8) is 0 Å². The largest absolute Gasteiger partial charge is 0.508 e. The number of rotatable bonds is 9. The molecule has 0 aliphatic heterocycles. The second-order valence-corrected chi connectivity index (χ2v) is 9.59. The molecule has 2 heteroatoms. The Kier molecular flexibility index (Phi) is 9.12. The van der Waals surface area contributed by atoms with Crippen LogP contribution in [0.2, 0.25) is 0 Å². The molecule has 0 radical (unpaired) electrons. The normalized spacial score (nSPS) is 19.5. The predicted molar refractivity (Wildman–Crippen MR) is 145 cm³/mol. The Balaban J connectivity index is 2.06. The van der Waals surface area contributed by atoms with Crippen LogP contribution in [0.25, 0.3) is 5.57 Å². The Morgan fingerprint density at radius 3 is 2.53 bits per heavy atom. The molecular formula is C32H40O2. The fraction of sp³-hybridized carbons (Fsp3) is 0.375. The van der Waals surface area contributed by atoms with Crippen LogP contribution in [0.3, 0.4) is 0 Å². The first-order valence-corrected chi connectivity index (χ1v) is 12.6. The summed E-state index contributed by atoms with van der Waals surface area (Å²) in [7, 11) is 0. The molecule has 0 saturated heterocycles. The van der Waals surface area contributed by atoms with Gasteiger partial charge in [-0.1, -0.05) is 88.0 Å². The highest BCUT2D eigenvalue weighted by atomic mass is 16.5. The molecule has 1 aliphatic rings. The van der Waals surface area contributed by atoms with E-state index in [1.807, 2.05) is 13.0 Å². The molecule has 1 aliphatic carbocycles. The zero-order valence-corrected chi connectivity index (χ0v) is 21.4. The molecule has 3 rings (SSSR count). The van der Waals surface area contributed by atoms with E-state index in [4.69, 9.17) is 4.74 Å². The van der Waals surface area contributed by atoms with E-state index in [9.17, 15) is 5.11 Å². The maximum atomic E-state index is 10.0. The quantitative estimate of drug-likeness (QED) is 0.177.